The molecule has 1 aromatic rings. The number of amides is 1. The monoisotopic (exact) mass is 288 g/mol. The molecule has 5 heteroatoms. The molecular weight excluding hydrogens is 268 g/mol. The molecule has 0 saturated carbocycles. The summed E-state index contributed by atoms with van der Waals surface area (Å²) in [4.78, 5) is 16.4. The molecule has 2 rings (SSSR count). The van der Waals surface area contributed by atoms with E-state index in [-0.39, 0.29) is 24.2 Å². The number of rotatable bonds is 3. The number of carbonyl (C=O) groups excluding carboxylic acids is 1. The zero-order valence-electron chi connectivity index (χ0n) is 12.3. The molecular formula is C16H20N2O3. The van der Waals surface area contributed by atoms with Gasteiger partial charge in [0.15, 0.2) is 0 Å². The molecule has 1 aliphatic heterocycles. The van der Waals surface area contributed by atoms with E-state index >= 15 is 0 Å². The molecule has 0 bridgehead atoms. The van der Waals surface area contributed by atoms with Crippen molar-refractivity contribution >= 4 is 5.91 Å². The van der Waals surface area contributed by atoms with Crippen LogP contribution in [0.15, 0.2) is 18.3 Å². The molecule has 5 nitrogen and oxygen atoms in total. The highest BCUT2D eigenvalue weighted by atomic mass is 16.5. The number of nitrogens with one attached hydrogen (secondary N) is 1. The number of aromatic nitrogens is 1. The van der Waals surface area contributed by atoms with Gasteiger partial charge in [0.1, 0.15) is 5.69 Å². The Hall–Kier alpha value is -1.90. The van der Waals surface area contributed by atoms with Crippen molar-refractivity contribution in [3.05, 3.63) is 29.6 Å². The second-order valence-corrected chi connectivity index (χ2v) is 5.34. The predicted molar refractivity (Wildman–Crippen MR) is 78.7 cm³/mol. The van der Waals surface area contributed by atoms with Crippen molar-refractivity contribution in [3.8, 4) is 11.8 Å². The van der Waals surface area contributed by atoms with Crippen LogP contribution in [0.2, 0.25) is 0 Å². The highest BCUT2D eigenvalue weighted by molar-refractivity contribution is 5.92. The summed E-state index contributed by atoms with van der Waals surface area (Å²) < 4.78 is 5.51. The molecule has 2 atom stereocenters. The molecule has 0 radical (unpaired) electrons. The first kappa shape index (κ1) is 15.5. The molecule has 112 valence electrons. The number of hydrogen-bond donors (Lipinski definition) is 2. The van der Waals surface area contributed by atoms with Gasteiger partial charge in [-0.1, -0.05) is 11.8 Å². The lowest BCUT2D eigenvalue weighted by Gasteiger charge is -2.28. The standard InChI is InChI=1S/C16H20N2O3/c1-12-16(2,8-10-21-12)18-15(20)14-7-6-13(11-17-14)5-3-4-9-19/h6-7,11-12,19H,4,8-10H2,1-2H3,(H,18,20). The minimum absolute atomic E-state index is 0.00919. The molecule has 1 saturated heterocycles. The maximum atomic E-state index is 12.2. The zero-order valence-corrected chi connectivity index (χ0v) is 12.3. The van der Waals surface area contributed by atoms with E-state index in [1.807, 2.05) is 13.8 Å². The quantitative estimate of drug-likeness (QED) is 0.817. The van der Waals surface area contributed by atoms with Crippen molar-refractivity contribution in [2.24, 2.45) is 0 Å². The Balaban J connectivity index is 2.02. The van der Waals surface area contributed by atoms with E-state index in [1.165, 1.54) is 0 Å². The number of pyridine rings is 1. The van der Waals surface area contributed by atoms with Crippen molar-refractivity contribution in [3.63, 3.8) is 0 Å². The summed E-state index contributed by atoms with van der Waals surface area (Å²) in [6.45, 7) is 4.64. The molecule has 1 fully saturated rings. The van der Waals surface area contributed by atoms with E-state index in [4.69, 9.17) is 9.84 Å². The van der Waals surface area contributed by atoms with E-state index in [0.29, 0.717) is 18.7 Å². The van der Waals surface area contributed by atoms with Crippen LogP contribution in [0.3, 0.4) is 0 Å². The summed E-state index contributed by atoms with van der Waals surface area (Å²) in [5.74, 6) is 5.48. The normalized spacial score (nSPS) is 24.2. The van der Waals surface area contributed by atoms with Gasteiger partial charge in [-0.05, 0) is 32.4 Å². The molecule has 2 heterocycles. The number of aliphatic hydroxyl groups excluding tert-OH is 1. The molecule has 2 unspecified atom stereocenters. The Morgan fingerprint density at radius 1 is 1.62 bits per heavy atom. The highest BCUT2D eigenvalue weighted by Crippen LogP contribution is 2.25. The third-order valence-electron chi connectivity index (χ3n) is 3.75. The van der Waals surface area contributed by atoms with Crippen molar-refractivity contribution in [1.29, 1.82) is 0 Å². The molecule has 2 N–H and O–H groups in total. The molecule has 0 spiro atoms. The van der Waals surface area contributed by atoms with Crippen LogP contribution in [-0.4, -0.2) is 40.9 Å². The van der Waals surface area contributed by atoms with Gasteiger partial charge in [0, 0.05) is 24.8 Å². The highest BCUT2D eigenvalue weighted by Gasteiger charge is 2.38. The maximum Gasteiger partial charge on any atom is 0.270 e. The van der Waals surface area contributed by atoms with Gasteiger partial charge < -0.3 is 15.2 Å². The van der Waals surface area contributed by atoms with Crippen LogP contribution in [0, 0.1) is 11.8 Å². The Kier molecular flexibility index (Phi) is 4.94. The summed E-state index contributed by atoms with van der Waals surface area (Å²) in [5, 5.41) is 11.7. The van der Waals surface area contributed by atoms with Crippen LogP contribution in [0.4, 0.5) is 0 Å². The van der Waals surface area contributed by atoms with E-state index < -0.39 is 0 Å². The van der Waals surface area contributed by atoms with E-state index in [1.54, 1.807) is 18.3 Å². The topological polar surface area (TPSA) is 71.5 Å². The third kappa shape index (κ3) is 3.81. The SMILES string of the molecule is CC1OCCC1(C)NC(=O)c1ccc(C#CCCO)cn1. The largest absolute Gasteiger partial charge is 0.395 e. The fraction of sp³-hybridized carbons (Fsp3) is 0.500. The lowest BCUT2D eigenvalue weighted by atomic mass is 9.94. The average Bonchev–Trinajstić information content (AvgIpc) is 2.79. The minimum atomic E-state index is -0.349. The van der Waals surface area contributed by atoms with E-state index in [0.717, 1.165) is 12.0 Å². The van der Waals surface area contributed by atoms with Gasteiger partial charge in [0.05, 0.1) is 18.2 Å². The van der Waals surface area contributed by atoms with E-state index in [2.05, 4.69) is 22.1 Å². The van der Waals surface area contributed by atoms with Crippen LogP contribution in [0.1, 0.15) is 42.7 Å². The van der Waals surface area contributed by atoms with Crippen molar-refractivity contribution < 1.29 is 14.6 Å². The van der Waals surface area contributed by atoms with Crippen molar-refractivity contribution in [2.45, 2.75) is 38.3 Å². The van der Waals surface area contributed by atoms with Gasteiger partial charge in [-0.2, -0.15) is 0 Å². The summed E-state index contributed by atoms with van der Waals surface area (Å²) in [6.07, 6.45) is 2.78. The molecule has 21 heavy (non-hydrogen) atoms. The van der Waals surface area contributed by atoms with Gasteiger partial charge >= 0.3 is 0 Å². The smallest absolute Gasteiger partial charge is 0.270 e. The van der Waals surface area contributed by atoms with Crippen molar-refractivity contribution in [2.75, 3.05) is 13.2 Å². The van der Waals surface area contributed by atoms with Crippen LogP contribution in [-0.2, 0) is 4.74 Å². The summed E-state index contributed by atoms with van der Waals surface area (Å²) in [7, 11) is 0. The van der Waals surface area contributed by atoms with Gasteiger partial charge in [-0.25, -0.2) is 4.98 Å². The summed E-state index contributed by atoms with van der Waals surface area (Å²) in [6, 6.07) is 3.41. The fourth-order valence-electron chi connectivity index (χ4n) is 2.15. The first-order chi connectivity index (χ1) is 10.0. The number of ether oxygens (including phenoxy) is 1. The van der Waals surface area contributed by atoms with Gasteiger partial charge in [0.2, 0.25) is 0 Å². The fourth-order valence-corrected chi connectivity index (χ4v) is 2.15. The Morgan fingerprint density at radius 2 is 2.43 bits per heavy atom. The Labute approximate surface area is 124 Å². The number of nitrogens with zero attached hydrogens (tertiary/aromatic N) is 1. The minimum Gasteiger partial charge on any atom is -0.395 e. The Bertz CT molecular complexity index is 559. The average molecular weight is 288 g/mol. The maximum absolute atomic E-state index is 12.2. The second kappa shape index (κ2) is 6.70. The van der Waals surface area contributed by atoms with Gasteiger partial charge in [0.25, 0.3) is 5.91 Å². The number of hydrogen-bond acceptors (Lipinski definition) is 4. The zero-order chi connectivity index (χ0) is 15.3. The third-order valence-corrected chi connectivity index (χ3v) is 3.75. The lowest BCUT2D eigenvalue weighted by Crippen LogP contribution is -2.50. The molecule has 0 aliphatic carbocycles. The predicted octanol–water partition coefficient (Wildman–Crippen LogP) is 1.11. The number of aliphatic hydroxyl groups is 1. The first-order valence-corrected chi connectivity index (χ1v) is 7.05. The van der Waals surface area contributed by atoms with Gasteiger partial charge in [-0.3, -0.25) is 4.79 Å². The molecule has 1 aliphatic rings. The van der Waals surface area contributed by atoms with E-state index in [9.17, 15) is 4.79 Å². The number of carbonyl (C=O) groups is 1. The van der Waals surface area contributed by atoms with Crippen molar-refractivity contribution in [1.82, 2.24) is 10.3 Å². The van der Waals surface area contributed by atoms with Crippen LogP contribution in [0.5, 0.6) is 0 Å². The second-order valence-electron chi connectivity index (χ2n) is 5.34. The van der Waals surface area contributed by atoms with Crippen LogP contribution in [0.25, 0.3) is 0 Å². The Morgan fingerprint density at radius 3 is 3.00 bits per heavy atom. The van der Waals surface area contributed by atoms with Gasteiger partial charge in [-0.15, -0.1) is 0 Å². The van der Waals surface area contributed by atoms with Crippen LogP contribution < -0.4 is 5.32 Å². The summed E-state index contributed by atoms with van der Waals surface area (Å²) in [5.41, 5.74) is 0.741. The molecule has 1 amide bonds. The van der Waals surface area contributed by atoms with Crippen LogP contribution >= 0.6 is 0 Å². The molecule has 0 aromatic carbocycles. The molecule has 1 aromatic heterocycles. The summed E-state index contributed by atoms with van der Waals surface area (Å²) >= 11 is 0. The lowest BCUT2D eigenvalue weighted by molar-refractivity contribution is 0.0724. The first-order valence-electron chi connectivity index (χ1n) is 7.05.